The summed E-state index contributed by atoms with van der Waals surface area (Å²) in [6.45, 7) is 5.54. The van der Waals surface area contributed by atoms with Gasteiger partial charge in [0.2, 0.25) is 23.6 Å². The Morgan fingerprint density at radius 1 is 0.691 bits per heavy atom. The molecule has 0 saturated heterocycles. The van der Waals surface area contributed by atoms with Crippen LogP contribution >= 0.6 is 42.1 Å². The molecule has 0 fully saturated rings. The molecule has 11 N–H and O–H groups in total. The number of fused-ring (bicyclic) bond motifs is 6. The highest BCUT2D eigenvalue weighted by molar-refractivity contribution is 7.50. The van der Waals surface area contributed by atoms with Gasteiger partial charge in [-0.25, -0.2) is 14.4 Å². The number of thiophene rings is 1. The van der Waals surface area contributed by atoms with Crippen molar-refractivity contribution in [2.45, 2.75) is 95.6 Å². The number of nitrogens with two attached hydrogens (primary N) is 2. The van der Waals surface area contributed by atoms with Crippen LogP contribution in [0.15, 0.2) is 97.1 Å². The lowest BCUT2D eigenvalue weighted by Crippen LogP contribution is -2.57. The van der Waals surface area contributed by atoms with Gasteiger partial charge < -0.3 is 76.9 Å². The lowest BCUT2D eigenvalue weighted by molar-refractivity contribution is -0.133. The van der Waals surface area contributed by atoms with Gasteiger partial charge in [-0.3, -0.25) is 33.3 Å². The number of nitrogens with zero attached hydrogens (tertiary/aromatic N) is 4. The Kier molecular flexibility index (Phi) is 24.5. The zero-order chi connectivity index (χ0) is 68.1. The van der Waals surface area contributed by atoms with E-state index in [4.69, 9.17) is 44.1 Å². The smallest absolute Gasteiger partial charge is 0.415 e. The lowest BCUT2D eigenvalue weighted by atomic mass is 9.93. The van der Waals surface area contributed by atoms with E-state index in [1.807, 2.05) is 24.3 Å². The van der Waals surface area contributed by atoms with Gasteiger partial charge in [-0.1, -0.05) is 74.5 Å². The summed E-state index contributed by atoms with van der Waals surface area (Å²) in [5, 5.41) is 16.0. The molecule has 502 valence electrons. The van der Waals surface area contributed by atoms with Gasteiger partial charge >= 0.3 is 25.8 Å². The number of rotatable bonds is 28. The van der Waals surface area contributed by atoms with Gasteiger partial charge in [0.15, 0.2) is 0 Å². The fourth-order valence-corrected chi connectivity index (χ4v) is 13.6. The van der Waals surface area contributed by atoms with Crippen LogP contribution in [0.5, 0.6) is 5.75 Å². The number of nitrogens with one attached hydrogen (secondary N) is 5. The minimum atomic E-state index is -4.51. The Hall–Kier alpha value is -8.36. The predicted octanol–water partition coefficient (Wildman–Crippen LogP) is 8.04. The number of anilines is 3. The van der Waals surface area contributed by atoms with Gasteiger partial charge in [-0.15, -0.1) is 34.5 Å². The molecule has 0 bridgehead atoms. The summed E-state index contributed by atoms with van der Waals surface area (Å²) in [5.41, 5.74) is 14.7. The normalized spacial score (nSPS) is 15.1. The van der Waals surface area contributed by atoms with E-state index in [1.165, 1.54) is 30.8 Å². The summed E-state index contributed by atoms with van der Waals surface area (Å²) < 4.78 is 23.9. The molecule has 5 aromatic carbocycles. The summed E-state index contributed by atoms with van der Waals surface area (Å²) in [6, 6.07) is 23.5. The predicted molar refractivity (Wildman–Crippen MR) is 361 cm³/mol. The van der Waals surface area contributed by atoms with Gasteiger partial charge in [-0.2, -0.15) is 0 Å². The molecule has 10 amide bonds. The highest BCUT2D eigenvalue weighted by Gasteiger charge is 2.39. The van der Waals surface area contributed by atoms with Crippen LogP contribution in [0.4, 0.5) is 31.4 Å². The number of primary amides is 1. The van der Waals surface area contributed by atoms with Gasteiger partial charge in [0, 0.05) is 100 Å². The van der Waals surface area contributed by atoms with Crippen molar-refractivity contribution in [3.63, 3.8) is 0 Å². The molecule has 94 heavy (non-hydrogen) atoms. The number of carbonyl (C=O) groups is 9. The van der Waals surface area contributed by atoms with E-state index in [9.17, 15) is 57.5 Å². The maximum atomic E-state index is 14.7. The SMILES string of the molecule is CC(=O)N[C@@H](CCCCN)C(=O)N[C@H](C(=O)N[C@@H](CCCNC(N)=O)C(=O)Nc1ccc(COC(=O)N(C)CCN(C)C(=O)Oc2cc3c(c4ccccc24)[C@H](CCl)CN3C(=O)c2ccc(C(=O)N3C[C@@H](CCl)c4c3cc(CP(=O)(O)O)c3ccccc43)s2)cc1)C(C)C. The van der Waals surface area contributed by atoms with E-state index >= 15 is 0 Å². The van der Waals surface area contributed by atoms with E-state index in [-0.39, 0.29) is 91.3 Å². The van der Waals surface area contributed by atoms with E-state index in [1.54, 1.807) is 96.4 Å². The first-order valence-electron chi connectivity index (χ1n) is 30.6. The number of hydrogen-bond acceptors (Lipinski definition) is 14. The molecule has 0 saturated carbocycles. The summed E-state index contributed by atoms with van der Waals surface area (Å²) in [4.78, 5) is 147. The number of hydrogen-bond donors (Lipinski definition) is 9. The second kappa shape index (κ2) is 32.2. The monoisotopic (exact) mass is 1370 g/mol. The third-order valence-corrected chi connectivity index (χ3v) is 18.9. The van der Waals surface area contributed by atoms with Gasteiger partial charge in [0.1, 0.15) is 30.5 Å². The number of alkyl halides is 2. The van der Waals surface area contributed by atoms with E-state index in [0.29, 0.717) is 70.2 Å². The Balaban J connectivity index is 0.872. The Morgan fingerprint density at radius 3 is 1.79 bits per heavy atom. The fraction of sp³-hybridized carbons (Fsp3) is 0.400. The molecular weight excluding hydrogens is 1290 g/mol. The average molecular weight is 1370 g/mol. The van der Waals surface area contributed by atoms with E-state index in [2.05, 4.69) is 26.6 Å². The van der Waals surface area contributed by atoms with Crippen LogP contribution in [0.25, 0.3) is 21.5 Å². The molecule has 0 unspecified atom stereocenters. The minimum Gasteiger partial charge on any atom is -0.445 e. The zero-order valence-electron chi connectivity index (χ0n) is 52.7. The number of amides is 10. The average Bonchev–Trinajstić information content (AvgIpc) is 1.57. The van der Waals surface area contributed by atoms with Crippen LogP contribution in [0.3, 0.4) is 0 Å². The Bertz CT molecular complexity index is 3870. The van der Waals surface area contributed by atoms with Crippen LogP contribution in [0.2, 0.25) is 0 Å². The first-order chi connectivity index (χ1) is 44.8. The number of likely N-dealkylation sites (N-methyl/N-ethyl adjacent to an activating group) is 2. The molecule has 8 rings (SSSR count). The molecule has 5 atom stereocenters. The number of unbranched alkanes of at least 4 members (excludes halogenated alkanes) is 1. The van der Waals surface area contributed by atoms with Crippen molar-refractivity contribution in [1.82, 2.24) is 31.1 Å². The zero-order valence-corrected chi connectivity index (χ0v) is 55.9. The second-order valence-electron chi connectivity index (χ2n) is 23.6. The standard InChI is InChI=1S/C65H78Cl2N11O14PS/c1-37(2)57(74-59(81)48(71-38(3)79)17-10-11-25-68)60(82)73-49(18-12-26-70-63(69)85)58(80)72-43-21-19-39(20-22-43)35-91-64(86)75(4)27-28-76(5)65(87)92-52-30-51-56(47-16-9-7-14-45(47)52)42(32-67)34-78(51)62(84)54-24-23-53(94-54)61(83)77-33-41(31-66)55-46-15-8-6-13-44(46)40(29-50(55)77)36-93(88,89)90/h6-9,13-16,19-24,29-30,37,41-42,48-49,57H,10-12,17-18,25-28,31-36,68H2,1-5H3,(H,71,79)(H,72,80)(H,73,82)(H,74,81)(H3,69,70,85)(H2,88,89,90)/t41-,42-,48+,49+,57+/m1/s1. The molecule has 0 radical (unpaired) electrons. The van der Waals surface area contributed by atoms with Crippen molar-refractivity contribution in [2.24, 2.45) is 17.4 Å². The van der Waals surface area contributed by atoms with Gasteiger partial charge in [0.05, 0.1) is 21.6 Å². The summed E-state index contributed by atoms with van der Waals surface area (Å²) in [5.74, 6) is -3.57. The molecule has 1 aromatic heterocycles. The fourth-order valence-electron chi connectivity index (χ4n) is 11.5. The first kappa shape index (κ1) is 71.5. The topological polar surface area (TPSA) is 355 Å². The van der Waals surface area contributed by atoms with Gasteiger partial charge in [-0.05, 0) is 113 Å². The number of ether oxygens (including phenoxy) is 2. The van der Waals surface area contributed by atoms with Crippen LogP contribution in [-0.4, -0.2) is 156 Å². The molecular formula is C65H78Cl2N11O14PS. The molecule has 3 heterocycles. The van der Waals surface area contributed by atoms with E-state index in [0.717, 1.165) is 27.8 Å². The highest BCUT2D eigenvalue weighted by atomic mass is 35.5. The molecule has 25 nitrogen and oxygen atoms in total. The maximum absolute atomic E-state index is 14.7. The second-order valence-corrected chi connectivity index (χ2v) is 26.9. The van der Waals surface area contributed by atoms with Crippen molar-refractivity contribution < 1.29 is 67.0 Å². The molecule has 2 aliphatic heterocycles. The third-order valence-electron chi connectivity index (χ3n) is 16.3. The molecule has 2 aliphatic rings. The third kappa shape index (κ3) is 17.7. The lowest BCUT2D eigenvalue weighted by Gasteiger charge is -2.27. The number of carbonyl (C=O) groups excluding carboxylic acids is 9. The number of benzene rings is 5. The van der Waals surface area contributed by atoms with Crippen molar-refractivity contribution in [3.8, 4) is 5.75 Å². The van der Waals surface area contributed by atoms with E-state index < -0.39 is 91.5 Å². The molecule has 29 heteroatoms. The van der Waals surface area contributed by atoms with Gasteiger partial charge in [0.25, 0.3) is 11.8 Å². The van der Waals surface area contributed by atoms with Crippen molar-refractivity contribution >= 4 is 134 Å². The summed E-state index contributed by atoms with van der Waals surface area (Å²) in [7, 11) is -1.50. The molecule has 0 spiro atoms. The maximum Gasteiger partial charge on any atom is 0.415 e. The van der Waals surface area contributed by atoms with Crippen molar-refractivity contribution in [1.29, 1.82) is 0 Å². The summed E-state index contributed by atoms with van der Waals surface area (Å²) in [6.07, 6.45) is -0.178. The van der Waals surface area contributed by atoms with Crippen LogP contribution < -0.4 is 52.6 Å². The van der Waals surface area contributed by atoms with Crippen LogP contribution in [-0.2, 0) is 41.2 Å². The van der Waals surface area contributed by atoms with Crippen LogP contribution in [0.1, 0.15) is 106 Å². The molecule has 0 aliphatic carbocycles. The largest absolute Gasteiger partial charge is 0.445 e. The summed E-state index contributed by atoms with van der Waals surface area (Å²) >= 11 is 14.1. The first-order valence-corrected chi connectivity index (χ1v) is 34.3. The number of urea groups is 1. The minimum absolute atomic E-state index is 0.0192. The molecule has 6 aromatic rings. The quantitative estimate of drug-likeness (QED) is 0.0127. The highest BCUT2D eigenvalue weighted by Crippen LogP contribution is 2.49. The van der Waals surface area contributed by atoms with Crippen molar-refractivity contribution in [3.05, 3.63) is 129 Å². The van der Waals surface area contributed by atoms with Crippen LogP contribution in [0, 0.1) is 5.92 Å². The van der Waals surface area contributed by atoms with Crippen molar-refractivity contribution in [2.75, 3.05) is 80.2 Å². The number of halogens is 2. The Morgan fingerprint density at radius 2 is 1.23 bits per heavy atom. The Labute approximate surface area is 557 Å².